The number of esters is 1. The molecule has 0 aromatic heterocycles. The SMILES string of the molecule is COC1=C[C@]23CCCN2CCc2cc4c(cc2[C@@H]3C1OC(=O)C1OC1C)OCO4. The molecule has 3 unspecified atom stereocenters. The maximum Gasteiger partial charge on any atom is 0.338 e. The third-order valence-corrected chi connectivity index (χ3v) is 7.15. The molecular weight excluding hydrogens is 374 g/mol. The summed E-state index contributed by atoms with van der Waals surface area (Å²) in [4.78, 5) is 15.2. The first-order chi connectivity index (χ1) is 14.1. The Bertz CT molecular complexity index is 913. The van der Waals surface area contributed by atoms with E-state index in [1.165, 1.54) is 11.1 Å². The standard InChI is InChI=1S/C22H25NO6/c1-12-19(28-12)21(24)29-20-17(25-2)10-22-5-3-6-23(22)7-4-13-8-15-16(27-11-26-15)9-14(13)18(20)22/h8-10,12,18-20H,3-7,11H2,1-2H3/t12?,18-,19?,20?,22+/m1/s1. The van der Waals surface area contributed by atoms with Crippen molar-refractivity contribution in [1.29, 1.82) is 0 Å². The molecule has 5 atom stereocenters. The van der Waals surface area contributed by atoms with Gasteiger partial charge < -0.3 is 23.7 Å². The van der Waals surface area contributed by atoms with Crippen LogP contribution in [0, 0.1) is 0 Å². The average molecular weight is 399 g/mol. The Morgan fingerprint density at radius 1 is 1.24 bits per heavy atom. The number of ether oxygens (including phenoxy) is 5. The van der Waals surface area contributed by atoms with Crippen LogP contribution in [0.4, 0.5) is 0 Å². The van der Waals surface area contributed by atoms with Gasteiger partial charge in [0.1, 0.15) is 5.76 Å². The molecule has 1 aromatic carbocycles. The van der Waals surface area contributed by atoms with Gasteiger partial charge in [-0.05, 0) is 62.1 Å². The Hall–Kier alpha value is -2.25. The fraction of sp³-hybridized carbons (Fsp3) is 0.591. The normalized spacial score (nSPS) is 36.6. The molecule has 1 aliphatic carbocycles. The number of carbonyl (C=O) groups excluding carboxylic acids is 1. The third kappa shape index (κ3) is 2.47. The van der Waals surface area contributed by atoms with Gasteiger partial charge in [-0.15, -0.1) is 0 Å². The van der Waals surface area contributed by atoms with Crippen LogP contribution in [0.1, 0.15) is 36.8 Å². The van der Waals surface area contributed by atoms with E-state index in [9.17, 15) is 4.79 Å². The molecule has 4 aliphatic heterocycles. The summed E-state index contributed by atoms with van der Waals surface area (Å²) in [5.74, 6) is 1.95. The van der Waals surface area contributed by atoms with Gasteiger partial charge in [0.15, 0.2) is 23.7 Å². The van der Waals surface area contributed by atoms with Gasteiger partial charge in [0.05, 0.1) is 24.7 Å². The summed E-state index contributed by atoms with van der Waals surface area (Å²) in [6.45, 7) is 4.13. The molecule has 29 heavy (non-hydrogen) atoms. The summed E-state index contributed by atoms with van der Waals surface area (Å²) in [5, 5.41) is 0. The van der Waals surface area contributed by atoms with E-state index in [2.05, 4.69) is 23.1 Å². The zero-order valence-corrected chi connectivity index (χ0v) is 16.7. The van der Waals surface area contributed by atoms with Crippen LogP contribution in [0.3, 0.4) is 0 Å². The van der Waals surface area contributed by atoms with Crippen molar-refractivity contribution in [3.8, 4) is 11.5 Å². The highest BCUT2D eigenvalue weighted by Crippen LogP contribution is 2.55. The number of benzene rings is 1. The van der Waals surface area contributed by atoms with Crippen molar-refractivity contribution in [1.82, 2.24) is 4.90 Å². The second-order valence-electron chi connectivity index (χ2n) is 8.58. The molecule has 1 aromatic rings. The second kappa shape index (κ2) is 6.12. The molecule has 0 bridgehead atoms. The number of methoxy groups -OCH3 is 1. The molecule has 4 heterocycles. The van der Waals surface area contributed by atoms with Crippen molar-refractivity contribution in [3.63, 3.8) is 0 Å². The van der Waals surface area contributed by atoms with Crippen molar-refractivity contribution in [2.75, 3.05) is 27.0 Å². The summed E-state index contributed by atoms with van der Waals surface area (Å²) in [6, 6.07) is 4.19. The van der Waals surface area contributed by atoms with Gasteiger partial charge in [0.2, 0.25) is 6.79 Å². The van der Waals surface area contributed by atoms with E-state index < -0.39 is 12.2 Å². The third-order valence-electron chi connectivity index (χ3n) is 7.15. The van der Waals surface area contributed by atoms with Crippen LogP contribution in [-0.2, 0) is 25.4 Å². The number of hydrogen-bond donors (Lipinski definition) is 0. The molecule has 0 saturated carbocycles. The second-order valence-corrected chi connectivity index (χ2v) is 8.58. The summed E-state index contributed by atoms with van der Waals surface area (Å²) >= 11 is 0. The van der Waals surface area contributed by atoms with E-state index >= 15 is 0 Å². The molecule has 6 rings (SSSR count). The molecular formula is C22H25NO6. The Morgan fingerprint density at radius 2 is 2.03 bits per heavy atom. The Labute approximate surface area is 169 Å². The van der Waals surface area contributed by atoms with Crippen molar-refractivity contribution in [2.45, 2.75) is 56.0 Å². The average Bonchev–Trinajstić information content (AvgIpc) is 3.05. The zero-order chi connectivity index (χ0) is 19.8. The predicted molar refractivity (Wildman–Crippen MR) is 102 cm³/mol. The van der Waals surface area contributed by atoms with Gasteiger partial charge in [-0.1, -0.05) is 0 Å². The quantitative estimate of drug-likeness (QED) is 0.570. The summed E-state index contributed by atoms with van der Waals surface area (Å²) < 4.78 is 28.5. The highest BCUT2D eigenvalue weighted by atomic mass is 16.7. The molecule has 2 fully saturated rings. The van der Waals surface area contributed by atoms with Gasteiger partial charge in [-0.3, -0.25) is 4.90 Å². The largest absolute Gasteiger partial charge is 0.497 e. The lowest BCUT2D eigenvalue weighted by molar-refractivity contribution is -0.151. The number of fused-ring (bicyclic) bond motifs is 3. The Morgan fingerprint density at radius 3 is 2.79 bits per heavy atom. The highest BCUT2D eigenvalue weighted by molar-refractivity contribution is 5.78. The summed E-state index contributed by atoms with van der Waals surface area (Å²) in [6.07, 6.45) is 4.26. The van der Waals surface area contributed by atoms with Crippen LogP contribution >= 0.6 is 0 Å². The van der Waals surface area contributed by atoms with Gasteiger partial charge in [-0.25, -0.2) is 4.79 Å². The minimum atomic E-state index is -0.471. The first-order valence-electron chi connectivity index (χ1n) is 10.4. The highest BCUT2D eigenvalue weighted by Gasteiger charge is 2.59. The molecule has 1 spiro atoms. The lowest BCUT2D eigenvalue weighted by atomic mass is 9.77. The summed E-state index contributed by atoms with van der Waals surface area (Å²) in [5.41, 5.74) is 2.20. The minimum Gasteiger partial charge on any atom is -0.497 e. The zero-order valence-electron chi connectivity index (χ0n) is 16.7. The first kappa shape index (κ1) is 17.6. The van der Waals surface area contributed by atoms with Crippen LogP contribution in [0.2, 0.25) is 0 Å². The number of epoxide rings is 1. The molecule has 2 saturated heterocycles. The molecule has 7 heteroatoms. The van der Waals surface area contributed by atoms with Crippen LogP contribution in [0.15, 0.2) is 24.0 Å². The fourth-order valence-corrected chi connectivity index (χ4v) is 5.72. The Balaban J connectivity index is 1.47. The Kier molecular flexibility index (Phi) is 3.72. The lowest BCUT2D eigenvalue weighted by Gasteiger charge is -2.39. The fourth-order valence-electron chi connectivity index (χ4n) is 5.72. The van der Waals surface area contributed by atoms with E-state index in [-0.39, 0.29) is 30.3 Å². The molecule has 154 valence electrons. The van der Waals surface area contributed by atoms with Gasteiger partial charge >= 0.3 is 5.97 Å². The maximum absolute atomic E-state index is 12.7. The lowest BCUT2D eigenvalue weighted by Crippen LogP contribution is -2.47. The molecule has 0 amide bonds. The van der Waals surface area contributed by atoms with Gasteiger partial charge in [-0.2, -0.15) is 0 Å². The van der Waals surface area contributed by atoms with Gasteiger partial charge in [0, 0.05) is 6.54 Å². The van der Waals surface area contributed by atoms with E-state index in [0.29, 0.717) is 0 Å². The summed E-state index contributed by atoms with van der Waals surface area (Å²) in [7, 11) is 1.66. The van der Waals surface area contributed by atoms with Crippen LogP contribution in [0.25, 0.3) is 0 Å². The number of nitrogens with zero attached hydrogens (tertiary/aromatic N) is 1. The smallest absolute Gasteiger partial charge is 0.338 e. The van der Waals surface area contributed by atoms with E-state index in [1.54, 1.807) is 7.11 Å². The van der Waals surface area contributed by atoms with Crippen LogP contribution < -0.4 is 9.47 Å². The van der Waals surface area contributed by atoms with Gasteiger partial charge in [0.25, 0.3) is 0 Å². The molecule has 5 aliphatic rings. The van der Waals surface area contributed by atoms with Crippen molar-refractivity contribution in [2.24, 2.45) is 0 Å². The first-order valence-corrected chi connectivity index (χ1v) is 10.4. The van der Waals surface area contributed by atoms with Crippen LogP contribution in [-0.4, -0.2) is 61.7 Å². The monoisotopic (exact) mass is 399 g/mol. The van der Waals surface area contributed by atoms with Crippen molar-refractivity contribution < 1.29 is 28.5 Å². The topological polar surface area (TPSA) is 69.8 Å². The van der Waals surface area contributed by atoms with E-state index in [4.69, 9.17) is 23.7 Å². The number of hydrogen-bond acceptors (Lipinski definition) is 7. The molecule has 7 nitrogen and oxygen atoms in total. The molecule has 0 N–H and O–H groups in total. The minimum absolute atomic E-state index is 0.0371. The van der Waals surface area contributed by atoms with E-state index in [0.717, 1.165) is 49.6 Å². The van der Waals surface area contributed by atoms with E-state index in [1.807, 2.05) is 6.92 Å². The number of rotatable bonds is 3. The maximum atomic E-state index is 12.7. The number of carbonyl (C=O) groups is 1. The molecule has 0 radical (unpaired) electrons. The van der Waals surface area contributed by atoms with Crippen LogP contribution in [0.5, 0.6) is 11.5 Å². The van der Waals surface area contributed by atoms with Crippen molar-refractivity contribution >= 4 is 5.97 Å². The predicted octanol–water partition coefficient (Wildman–Crippen LogP) is 2.13. The van der Waals surface area contributed by atoms with Crippen molar-refractivity contribution in [3.05, 3.63) is 35.1 Å².